The molecule has 0 amide bonds. The van der Waals surface area contributed by atoms with Crippen molar-refractivity contribution in [3.63, 3.8) is 0 Å². The van der Waals surface area contributed by atoms with Gasteiger partial charge < -0.3 is 10.6 Å². The molecule has 0 bridgehead atoms. The van der Waals surface area contributed by atoms with Gasteiger partial charge in [-0.05, 0) is 61.6 Å². The summed E-state index contributed by atoms with van der Waals surface area (Å²) in [5.41, 5.74) is 5.47. The molecular formula is C21H28N2S. The average molecular weight is 341 g/mol. The van der Waals surface area contributed by atoms with E-state index >= 15 is 0 Å². The van der Waals surface area contributed by atoms with Crippen LogP contribution in [-0.2, 0) is 0 Å². The first-order valence-corrected chi connectivity index (χ1v) is 9.61. The van der Waals surface area contributed by atoms with Gasteiger partial charge in [0.1, 0.15) is 0 Å². The van der Waals surface area contributed by atoms with Crippen molar-refractivity contribution < 1.29 is 0 Å². The lowest BCUT2D eigenvalue weighted by Crippen LogP contribution is -2.34. The minimum Gasteiger partial charge on any atom is -0.384 e. The van der Waals surface area contributed by atoms with Crippen molar-refractivity contribution in [3.8, 4) is 0 Å². The maximum Gasteiger partial charge on any atom is 0.0433 e. The van der Waals surface area contributed by atoms with E-state index in [2.05, 4.69) is 87.7 Å². The molecule has 2 N–H and O–H groups in total. The van der Waals surface area contributed by atoms with Gasteiger partial charge >= 0.3 is 0 Å². The van der Waals surface area contributed by atoms with Crippen LogP contribution >= 0.6 is 11.8 Å². The molecule has 0 saturated heterocycles. The Kier molecular flexibility index (Phi) is 4.82. The van der Waals surface area contributed by atoms with E-state index in [1.54, 1.807) is 0 Å². The summed E-state index contributed by atoms with van der Waals surface area (Å²) < 4.78 is 0. The monoisotopic (exact) mass is 340 g/mol. The Balaban J connectivity index is 2.03. The molecule has 0 aliphatic carbocycles. The highest BCUT2D eigenvalue weighted by Gasteiger charge is 2.37. The van der Waals surface area contributed by atoms with E-state index in [4.69, 9.17) is 0 Å². The highest BCUT2D eigenvalue weighted by Crippen LogP contribution is 2.53. The molecule has 0 saturated carbocycles. The second kappa shape index (κ2) is 6.72. The highest BCUT2D eigenvalue weighted by molar-refractivity contribution is 7.99. The summed E-state index contributed by atoms with van der Waals surface area (Å²) in [5.74, 6) is 0. The van der Waals surface area contributed by atoms with Gasteiger partial charge in [0, 0.05) is 34.1 Å². The van der Waals surface area contributed by atoms with Crippen LogP contribution in [0.3, 0.4) is 0 Å². The van der Waals surface area contributed by atoms with Crippen molar-refractivity contribution in [1.29, 1.82) is 0 Å². The summed E-state index contributed by atoms with van der Waals surface area (Å²) in [6, 6.07) is 15.8. The van der Waals surface area contributed by atoms with Crippen LogP contribution in [0.5, 0.6) is 0 Å². The largest absolute Gasteiger partial charge is 0.384 e. The van der Waals surface area contributed by atoms with Crippen LogP contribution in [0.15, 0.2) is 47.4 Å². The Hall–Kier alpha value is -1.61. The van der Waals surface area contributed by atoms with Gasteiger partial charge in [0.15, 0.2) is 0 Å². The molecule has 24 heavy (non-hydrogen) atoms. The zero-order chi connectivity index (χ0) is 17.3. The molecule has 3 heteroatoms. The third-order valence-corrected chi connectivity index (χ3v) is 6.20. The minimum atomic E-state index is 0.191. The molecule has 3 rings (SSSR count). The first-order valence-electron chi connectivity index (χ1n) is 8.73. The zero-order valence-electron chi connectivity index (χ0n) is 15.3. The SMILES string of the molecule is Cc1cc(NC(C)C)cc2c1NCC(C)(C)C2Sc1ccccc1. The fourth-order valence-corrected chi connectivity index (χ4v) is 4.67. The van der Waals surface area contributed by atoms with Crippen molar-refractivity contribution in [3.05, 3.63) is 53.6 Å². The Morgan fingerprint density at radius 2 is 1.88 bits per heavy atom. The third-order valence-electron chi connectivity index (χ3n) is 4.53. The number of thioether (sulfide) groups is 1. The lowest BCUT2D eigenvalue weighted by molar-refractivity contribution is 0.370. The van der Waals surface area contributed by atoms with Crippen molar-refractivity contribution in [2.24, 2.45) is 5.41 Å². The van der Waals surface area contributed by atoms with Gasteiger partial charge in [0.25, 0.3) is 0 Å². The van der Waals surface area contributed by atoms with Crippen molar-refractivity contribution in [2.45, 2.75) is 50.8 Å². The Morgan fingerprint density at radius 3 is 2.54 bits per heavy atom. The van der Waals surface area contributed by atoms with Gasteiger partial charge in [-0.15, -0.1) is 11.8 Å². The van der Waals surface area contributed by atoms with Crippen molar-refractivity contribution >= 4 is 23.1 Å². The molecule has 1 atom stereocenters. The quantitative estimate of drug-likeness (QED) is 0.703. The smallest absolute Gasteiger partial charge is 0.0433 e. The number of nitrogens with one attached hydrogen (secondary N) is 2. The standard InChI is InChI=1S/C21H28N2S/c1-14(2)23-16-11-15(3)19-18(12-16)20(21(4,5)13-22-19)24-17-9-7-6-8-10-17/h6-12,14,20,22-23H,13H2,1-5H3. The van der Waals surface area contributed by atoms with Crippen molar-refractivity contribution in [1.82, 2.24) is 0 Å². The first-order chi connectivity index (χ1) is 11.4. The molecule has 0 spiro atoms. The predicted octanol–water partition coefficient (Wildman–Crippen LogP) is 6.10. The summed E-state index contributed by atoms with van der Waals surface area (Å²) in [7, 11) is 0. The van der Waals surface area contributed by atoms with Crippen molar-refractivity contribution in [2.75, 3.05) is 17.2 Å². The summed E-state index contributed by atoms with van der Waals surface area (Å²) in [5, 5.41) is 7.68. The van der Waals surface area contributed by atoms with Crippen LogP contribution in [0, 0.1) is 12.3 Å². The van der Waals surface area contributed by atoms with Crippen LogP contribution in [0.4, 0.5) is 11.4 Å². The average Bonchev–Trinajstić information content (AvgIpc) is 2.50. The lowest BCUT2D eigenvalue weighted by atomic mass is 9.80. The normalized spacial score (nSPS) is 18.8. The molecule has 1 unspecified atom stereocenters. The second-order valence-electron chi connectivity index (χ2n) is 7.71. The first kappa shape index (κ1) is 17.2. The molecule has 0 aromatic heterocycles. The molecule has 2 aromatic rings. The molecule has 1 aliphatic rings. The number of fused-ring (bicyclic) bond motifs is 1. The highest BCUT2D eigenvalue weighted by atomic mass is 32.2. The van der Waals surface area contributed by atoms with Crippen LogP contribution in [0.2, 0.25) is 0 Å². The number of anilines is 2. The number of hydrogen-bond acceptors (Lipinski definition) is 3. The summed E-state index contributed by atoms with van der Waals surface area (Å²) in [4.78, 5) is 1.34. The lowest BCUT2D eigenvalue weighted by Gasteiger charge is -2.41. The van der Waals surface area contributed by atoms with Gasteiger partial charge in [-0.1, -0.05) is 32.0 Å². The van der Waals surface area contributed by atoms with E-state index in [1.165, 1.54) is 27.4 Å². The van der Waals surface area contributed by atoms with E-state index in [0.29, 0.717) is 11.3 Å². The molecule has 0 radical (unpaired) electrons. The molecule has 1 aliphatic heterocycles. The van der Waals surface area contributed by atoms with E-state index in [9.17, 15) is 0 Å². The number of aryl methyl sites for hydroxylation is 1. The minimum absolute atomic E-state index is 0.191. The van der Waals surface area contributed by atoms with E-state index in [0.717, 1.165) is 6.54 Å². The van der Waals surface area contributed by atoms with Crippen LogP contribution < -0.4 is 10.6 Å². The van der Waals surface area contributed by atoms with Crippen LogP contribution in [0.1, 0.15) is 44.1 Å². The molecule has 128 valence electrons. The summed E-state index contributed by atoms with van der Waals surface area (Å²) in [6.45, 7) is 12.3. The molecule has 2 aromatic carbocycles. The second-order valence-corrected chi connectivity index (χ2v) is 8.89. The van der Waals surface area contributed by atoms with Gasteiger partial charge in [0.05, 0.1) is 0 Å². The van der Waals surface area contributed by atoms with Crippen LogP contribution in [-0.4, -0.2) is 12.6 Å². The molecule has 2 nitrogen and oxygen atoms in total. The summed E-state index contributed by atoms with van der Waals surface area (Å²) >= 11 is 1.98. The van der Waals surface area contributed by atoms with Gasteiger partial charge in [-0.3, -0.25) is 0 Å². The number of rotatable bonds is 4. The third kappa shape index (κ3) is 3.56. The van der Waals surface area contributed by atoms with E-state index in [-0.39, 0.29) is 5.41 Å². The molecule has 1 heterocycles. The molecular weight excluding hydrogens is 312 g/mol. The number of benzene rings is 2. The Labute approximate surface area is 150 Å². The maximum atomic E-state index is 3.68. The predicted molar refractivity (Wildman–Crippen MR) is 107 cm³/mol. The summed E-state index contributed by atoms with van der Waals surface area (Å²) in [6.07, 6.45) is 0. The zero-order valence-corrected chi connectivity index (χ0v) is 16.1. The molecule has 0 fully saturated rings. The van der Waals surface area contributed by atoms with E-state index in [1.807, 2.05) is 11.8 Å². The van der Waals surface area contributed by atoms with Gasteiger partial charge in [-0.25, -0.2) is 0 Å². The maximum absolute atomic E-state index is 3.68. The fraction of sp³-hybridized carbons (Fsp3) is 0.429. The topological polar surface area (TPSA) is 24.1 Å². The van der Waals surface area contributed by atoms with Gasteiger partial charge in [-0.2, -0.15) is 0 Å². The Bertz CT molecular complexity index is 707. The van der Waals surface area contributed by atoms with E-state index < -0.39 is 0 Å². The Morgan fingerprint density at radius 1 is 1.17 bits per heavy atom. The van der Waals surface area contributed by atoms with Gasteiger partial charge in [0.2, 0.25) is 0 Å². The fourth-order valence-electron chi connectivity index (χ4n) is 3.37. The van der Waals surface area contributed by atoms with Crippen LogP contribution in [0.25, 0.3) is 0 Å². The number of hydrogen-bond donors (Lipinski definition) is 2.